The molecule has 1 fully saturated rings. The van der Waals surface area contributed by atoms with Gasteiger partial charge >= 0.3 is 0 Å². The third-order valence-corrected chi connectivity index (χ3v) is 3.00. The molecule has 3 nitrogen and oxygen atoms in total. The number of aliphatic hydroxyl groups is 2. The summed E-state index contributed by atoms with van der Waals surface area (Å²) in [5, 5.41) is 18.5. The molecule has 0 saturated carbocycles. The predicted octanol–water partition coefficient (Wildman–Crippen LogP) is 0.459. The number of hydrogen-bond donors (Lipinski definition) is 2. The summed E-state index contributed by atoms with van der Waals surface area (Å²) in [5.74, 6) is 0.419. The SMILES string of the molecule is CC(C)(O)C1CCN(CCO)CC1.[Y]. The maximum Gasteiger partial charge on any atom is 0.0620 e. The monoisotopic (exact) mass is 276 g/mol. The van der Waals surface area contributed by atoms with Crippen LogP contribution in [0.5, 0.6) is 0 Å². The second-order valence-corrected chi connectivity index (χ2v) is 4.49. The molecule has 0 spiro atoms. The van der Waals surface area contributed by atoms with E-state index in [9.17, 15) is 5.11 Å². The molecule has 1 aliphatic rings. The van der Waals surface area contributed by atoms with E-state index < -0.39 is 5.60 Å². The Morgan fingerprint density at radius 1 is 1.29 bits per heavy atom. The van der Waals surface area contributed by atoms with Crippen LogP contribution in [0.2, 0.25) is 0 Å². The predicted molar refractivity (Wildman–Crippen MR) is 52.5 cm³/mol. The Morgan fingerprint density at radius 3 is 2.14 bits per heavy atom. The average Bonchev–Trinajstić information content (AvgIpc) is 2.04. The van der Waals surface area contributed by atoms with Crippen LogP contribution in [0.3, 0.4) is 0 Å². The normalized spacial score (nSPS) is 20.6. The van der Waals surface area contributed by atoms with E-state index in [4.69, 9.17) is 5.11 Å². The second kappa shape index (κ2) is 6.54. The van der Waals surface area contributed by atoms with Gasteiger partial charge < -0.3 is 15.1 Å². The van der Waals surface area contributed by atoms with E-state index in [2.05, 4.69) is 4.90 Å². The molecular weight excluding hydrogens is 255 g/mol. The zero-order valence-electron chi connectivity index (χ0n) is 9.24. The van der Waals surface area contributed by atoms with E-state index in [1.807, 2.05) is 13.8 Å². The number of nitrogens with zero attached hydrogens (tertiary/aromatic N) is 1. The zero-order chi connectivity index (χ0) is 9.90. The molecule has 0 aliphatic carbocycles. The van der Waals surface area contributed by atoms with Crippen LogP contribution in [0, 0.1) is 5.92 Å². The van der Waals surface area contributed by atoms with Gasteiger partial charge in [0.05, 0.1) is 12.2 Å². The van der Waals surface area contributed by atoms with Crippen LogP contribution in [-0.4, -0.2) is 47.0 Å². The average molecular weight is 276 g/mol. The summed E-state index contributed by atoms with van der Waals surface area (Å²) in [4.78, 5) is 2.25. The van der Waals surface area contributed by atoms with Gasteiger partial charge in [-0.15, -0.1) is 0 Å². The summed E-state index contributed by atoms with van der Waals surface area (Å²) in [6.07, 6.45) is 2.09. The molecule has 0 aromatic carbocycles. The van der Waals surface area contributed by atoms with Crippen molar-refractivity contribution in [2.45, 2.75) is 32.3 Å². The molecule has 0 bridgehead atoms. The van der Waals surface area contributed by atoms with Crippen molar-refractivity contribution in [1.82, 2.24) is 4.90 Å². The summed E-state index contributed by atoms with van der Waals surface area (Å²) < 4.78 is 0. The zero-order valence-corrected chi connectivity index (χ0v) is 12.1. The van der Waals surface area contributed by atoms with Crippen LogP contribution >= 0.6 is 0 Å². The number of aliphatic hydroxyl groups excluding tert-OH is 1. The number of rotatable bonds is 3. The van der Waals surface area contributed by atoms with Gasteiger partial charge in [-0.25, -0.2) is 0 Å². The Morgan fingerprint density at radius 2 is 1.79 bits per heavy atom. The molecule has 0 amide bonds. The Balaban J connectivity index is 0.00000169. The van der Waals surface area contributed by atoms with Gasteiger partial charge in [0.1, 0.15) is 0 Å². The number of β-amino-alcohol motifs (C(OH)–C–C–N with tert-alkyl or cyclic N) is 1. The van der Waals surface area contributed by atoms with Crippen molar-refractivity contribution < 1.29 is 42.9 Å². The Hall–Kier alpha value is 0.984. The molecule has 1 saturated heterocycles. The molecule has 1 aliphatic heterocycles. The molecule has 0 atom stereocenters. The summed E-state index contributed by atoms with van der Waals surface area (Å²) in [6, 6.07) is 0. The van der Waals surface area contributed by atoms with Crippen LogP contribution in [0.15, 0.2) is 0 Å². The van der Waals surface area contributed by atoms with Crippen LogP contribution in [0.1, 0.15) is 26.7 Å². The van der Waals surface area contributed by atoms with Crippen molar-refractivity contribution in [1.29, 1.82) is 0 Å². The van der Waals surface area contributed by atoms with Gasteiger partial charge in [-0.1, -0.05) is 0 Å². The van der Waals surface area contributed by atoms with Crippen LogP contribution < -0.4 is 0 Å². The molecule has 81 valence electrons. The van der Waals surface area contributed by atoms with E-state index in [0.29, 0.717) is 5.92 Å². The molecule has 0 aromatic heterocycles. The van der Waals surface area contributed by atoms with E-state index >= 15 is 0 Å². The van der Waals surface area contributed by atoms with Crippen molar-refractivity contribution in [2.24, 2.45) is 5.92 Å². The van der Waals surface area contributed by atoms with Crippen molar-refractivity contribution >= 4 is 0 Å². The van der Waals surface area contributed by atoms with Gasteiger partial charge in [0.2, 0.25) is 0 Å². The quantitative estimate of drug-likeness (QED) is 0.787. The fourth-order valence-electron chi connectivity index (χ4n) is 2.00. The minimum absolute atomic E-state index is 0. The van der Waals surface area contributed by atoms with Gasteiger partial charge in [0, 0.05) is 39.3 Å². The Bertz CT molecular complexity index is 151. The van der Waals surface area contributed by atoms with Crippen LogP contribution in [0.25, 0.3) is 0 Å². The van der Waals surface area contributed by atoms with Crippen molar-refractivity contribution in [2.75, 3.05) is 26.2 Å². The van der Waals surface area contributed by atoms with Crippen molar-refractivity contribution in [3.05, 3.63) is 0 Å². The number of hydrogen-bond acceptors (Lipinski definition) is 3. The summed E-state index contributed by atoms with van der Waals surface area (Å²) >= 11 is 0. The topological polar surface area (TPSA) is 43.7 Å². The molecule has 0 unspecified atom stereocenters. The van der Waals surface area contributed by atoms with Gasteiger partial charge in [-0.05, 0) is 45.7 Å². The summed E-state index contributed by atoms with van der Waals surface area (Å²) in [6.45, 7) is 6.81. The first-order chi connectivity index (χ1) is 6.04. The molecule has 1 radical (unpaired) electrons. The molecule has 1 rings (SSSR count). The van der Waals surface area contributed by atoms with E-state index in [0.717, 1.165) is 32.5 Å². The van der Waals surface area contributed by atoms with E-state index in [-0.39, 0.29) is 39.3 Å². The molecule has 14 heavy (non-hydrogen) atoms. The molecule has 1 heterocycles. The Labute approximate surface area is 112 Å². The first-order valence-corrected chi connectivity index (χ1v) is 5.09. The fourth-order valence-corrected chi connectivity index (χ4v) is 2.00. The third kappa shape index (κ3) is 4.67. The molecule has 0 aromatic rings. The minimum Gasteiger partial charge on any atom is -0.395 e. The maximum atomic E-state index is 9.79. The summed E-state index contributed by atoms with van der Waals surface area (Å²) in [5.41, 5.74) is -0.536. The third-order valence-electron chi connectivity index (χ3n) is 3.00. The molecular formula is C10H21NO2Y. The van der Waals surface area contributed by atoms with Crippen LogP contribution in [0.4, 0.5) is 0 Å². The maximum absolute atomic E-state index is 9.79. The number of likely N-dealkylation sites (tertiary alicyclic amines) is 1. The first kappa shape index (κ1) is 15.0. The first-order valence-electron chi connectivity index (χ1n) is 5.09. The van der Waals surface area contributed by atoms with Crippen molar-refractivity contribution in [3.8, 4) is 0 Å². The molecule has 4 heteroatoms. The van der Waals surface area contributed by atoms with Crippen molar-refractivity contribution in [3.63, 3.8) is 0 Å². The van der Waals surface area contributed by atoms with Gasteiger partial charge in [0.25, 0.3) is 0 Å². The smallest absolute Gasteiger partial charge is 0.0620 e. The standard InChI is InChI=1S/C10H21NO2.Y/c1-10(2,13)9-3-5-11(6-4-9)7-8-12;/h9,12-13H,3-8H2,1-2H3;. The molecule has 2 N–H and O–H groups in total. The fraction of sp³-hybridized carbons (Fsp3) is 1.00. The van der Waals surface area contributed by atoms with Gasteiger partial charge in [0.15, 0.2) is 0 Å². The second-order valence-electron chi connectivity index (χ2n) is 4.49. The van der Waals surface area contributed by atoms with Crippen LogP contribution in [-0.2, 0) is 32.7 Å². The summed E-state index contributed by atoms with van der Waals surface area (Å²) in [7, 11) is 0. The van der Waals surface area contributed by atoms with E-state index in [1.54, 1.807) is 0 Å². The van der Waals surface area contributed by atoms with Gasteiger partial charge in [-0.3, -0.25) is 0 Å². The van der Waals surface area contributed by atoms with Gasteiger partial charge in [-0.2, -0.15) is 0 Å². The Kier molecular flexibility index (Phi) is 7.00. The largest absolute Gasteiger partial charge is 0.395 e. The van der Waals surface area contributed by atoms with E-state index in [1.165, 1.54) is 0 Å². The number of piperidine rings is 1. The minimum atomic E-state index is -0.536.